The fourth-order valence-corrected chi connectivity index (χ4v) is 2.66. The number of pyridine rings is 1. The van der Waals surface area contributed by atoms with Gasteiger partial charge in [0.1, 0.15) is 18.0 Å². The number of nitrogens with two attached hydrogens (primary N) is 1. The second kappa shape index (κ2) is 10.3. The van der Waals surface area contributed by atoms with Crippen molar-refractivity contribution in [1.82, 2.24) is 14.3 Å². The van der Waals surface area contributed by atoms with E-state index in [1.807, 2.05) is 54.9 Å². The van der Waals surface area contributed by atoms with Crippen LogP contribution in [0.5, 0.6) is 5.75 Å². The molecule has 0 aliphatic heterocycles. The summed E-state index contributed by atoms with van der Waals surface area (Å²) in [6, 6.07) is 11.2. The summed E-state index contributed by atoms with van der Waals surface area (Å²) in [5.41, 5.74) is 9.11. The van der Waals surface area contributed by atoms with E-state index in [0.717, 1.165) is 11.3 Å². The Morgan fingerprint density at radius 1 is 1.25 bits per heavy atom. The van der Waals surface area contributed by atoms with E-state index in [9.17, 15) is 4.79 Å². The lowest BCUT2D eigenvalue weighted by Crippen LogP contribution is -2.39. The van der Waals surface area contributed by atoms with Crippen LogP contribution in [0.3, 0.4) is 0 Å². The SMILES string of the molecule is Cc1ccc2nc(COc3cccc(C(=O)N(C)C(C)CN)c3)cn2c1.Cl.Cl. The molecule has 3 aromatic rings. The second-order valence-corrected chi connectivity index (χ2v) is 6.52. The molecule has 2 N–H and O–H groups in total. The van der Waals surface area contributed by atoms with Crippen LogP contribution in [-0.2, 0) is 6.61 Å². The van der Waals surface area contributed by atoms with Gasteiger partial charge < -0.3 is 19.8 Å². The fraction of sp³-hybridized carbons (Fsp3) is 0.300. The molecule has 0 fully saturated rings. The highest BCUT2D eigenvalue weighted by molar-refractivity contribution is 5.94. The van der Waals surface area contributed by atoms with Crippen molar-refractivity contribution in [2.75, 3.05) is 13.6 Å². The van der Waals surface area contributed by atoms with Gasteiger partial charge >= 0.3 is 0 Å². The van der Waals surface area contributed by atoms with Crippen molar-refractivity contribution in [3.8, 4) is 5.75 Å². The van der Waals surface area contributed by atoms with Crippen LogP contribution in [0.1, 0.15) is 28.5 Å². The normalized spacial score (nSPS) is 11.3. The zero-order valence-electron chi connectivity index (χ0n) is 16.2. The van der Waals surface area contributed by atoms with Gasteiger partial charge in [0.2, 0.25) is 0 Å². The number of amides is 1. The van der Waals surface area contributed by atoms with Crippen LogP contribution in [0.25, 0.3) is 5.65 Å². The topological polar surface area (TPSA) is 72.9 Å². The third-order valence-electron chi connectivity index (χ3n) is 4.44. The number of halogens is 2. The molecule has 0 saturated heterocycles. The predicted octanol–water partition coefficient (Wildman–Crippen LogP) is 3.48. The molecule has 0 saturated carbocycles. The summed E-state index contributed by atoms with van der Waals surface area (Å²) in [7, 11) is 1.76. The van der Waals surface area contributed by atoms with Crippen LogP contribution in [0.2, 0.25) is 0 Å². The van der Waals surface area contributed by atoms with Gasteiger partial charge in [-0.05, 0) is 43.7 Å². The Bertz CT molecular complexity index is 929. The van der Waals surface area contributed by atoms with E-state index in [0.29, 0.717) is 24.5 Å². The molecule has 8 heteroatoms. The molecule has 0 aliphatic rings. The van der Waals surface area contributed by atoms with Gasteiger partial charge in [-0.1, -0.05) is 12.1 Å². The van der Waals surface area contributed by atoms with Crippen LogP contribution in [0.15, 0.2) is 48.8 Å². The first-order valence-electron chi connectivity index (χ1n) is 8.62. The number of fused-ring (bicyclic) bond motifs is 1. The van der Waals surface area contributed by atoms with Gasteiger partial charge in [-0.25, -0.2) is 4.98 Å². The summed E-state index contributed by atoms with van der Waals surface area (Å²) in [5, 5.41) is 0. The highest BCUT2D eigenvalue weighted by Gasteiger charge is 2.16. The molecule has 2 aromatic heterocycles. The molecule has 1 aromatic carbocycles. The van der Waals surface area contributed by atoms with Gasteiger partial charge in [0.15, 0.2) is 0 Å². The molecule has 152 valence electrons. The number of carbonyl (C=O) groups excluding carboxylic acids is 1. The first-order chi connectivity index (χ1) is 12.5. The monoisotopic (exact) mass is 424 g/mol. The largest absolute Gasteiger partial charge is 0.487 e. The molecule has 1 amide bonds. The summed E-state index contributed by atoms with van der Waals surface area (Å²) in [6.45, 7) is 4.73. The van der Waals surface area contributed by atoms with E-state index < -0.39 is 0 Å². The summed E-state index contributed by atoms with van der Waals surface area (Å²) in [5.74, 6) is 0.564. The number of hydrogen-bond acceptors (Lipinski definition) is 4. The van der Waals surface area contributed by atoms with Gasteiger partial charge in [-0.3, -0.25) is 4.79 Å². The van der Waals surface area contributed by atoms with E-state index >= 15 is 0 Å². The highest BCUT2D eigenvalue weighted by Crippen LogP contribution is 2.17. The summed E-state index contributed by atoms with van der Waals surface area (Å²) in [6.07, 6.45) is 3.98. The van der Waals surface area contributed by atoms with Gasteiger partial charge in [0.25, 0.3) is 5.91 Å². The van der Waals surface area contributed by atoms with Gasteiger partial charge in [0, 0.05) is 37.6 Å². The lowest BCUT2D eigenvalue weighted by Gasteiger charge is -2.23. The van der Waals surface area contributed by atoms with Crippen LogP contribution < -0.4 is 10.5 Å². The van der Waals surface area contributed by atoms with Crippen molar-refractivity contribution in [2.45, 2.75) is 26.5 Å². The zero-order valence-corrected chi connectivity index (χ0v) is 17.8. The van der Waals surface area contributed by atoms with E-state index in [1.165, 1.54) is 5.56 Å². The third-order valence-corrected chi connectivity index (χ3v) is 4.44. The number of hydrogen-bond donors (Lipinski definition) is 1. The van der Waals surface area contributed by atoms with Crippen LogP contribution in [0, 0.1) is 6.92 Å². The number of rotatable bonds is 6. The summed E-state index contributed by atoms with van der Waals surface area (Å²) < 4.78 is 7.82. The molecule has 0 bridgehead atoms. The average Bonchev–Trinajstić information content (AvgIpc) is 3.06. The maximum Gasteiger partial charge on any atom is 0.254 e. The van der Waals surface area contributed by atoms with Crippen molar-refractivity contribution in [3.63, 3.8) is 0 Å². The van der Waals surface area contributed by atoms with Crippen molar-refractivity contribution >= 4 is 36.4 Å². The van der Waals surface area contributed by atoms with E-state index in [-0.39, 0.29) is 36.8 Å². The lowest BCUT2D eigenvalue weighted by molar-refractivity contribution is 0.0748. The zero-order chi connectivity index (χ0) is 18.7. The second-order valence-electron chi connectivity index (χ2n) is 6.52. The van der Waals surface area contributed by atoms with Crippen LogP contribution >= 0.6 is 24.8 Å². The Balaban J connectivity index is 0.00000196. The molecule has 0 radical (unpaired) electrons. The number of aromatic nitrogens is 2. The number of ether oxygens (including phenoxy) is 1. The number of likely N-dealkylation sites (N-methyl/N-ethyl adjacent to an activating group) is 1. The summed E-state index contributed by atoms with van der Waals surface area (Å²) in [4.78, 5) is 18.7. The fourth-order valence-electron chi connectivity index (χ4n) is 2.66. The molecule has 3 rings (SSSR count). The van der Waals surface area contributed by atoms with Crippen molar-refractivity contribution in [1.29, 1.82) is 0 Å². The minimum Gasteiger partial charge on any atom is -0.487 e. The van der Waals surface area contributed by atoms with Crippen LogP contribution in [-0.4, -0.2) is 39.8 Å². The standard InChI is InChI=1S/C20H24N4O2.2ClH/c1-14-7-8-19-22-17(12-24(19)11-14)13-26-18-6-4-5-16(9-18)20(25)23(3)15(2)10-21;;/h4-9,11-12,15H,10,13,21H2,1-3H3;2*1H. The third kappa shape index (κ3) is 5.38. The molecule has 28 heavy (non-hydrogen) atoms. The number of carbonyl (C=O) groups is 1. The highest BCUT2D eigenvalue weighted by atomic mass is 35.5. The number of imidazole rings is 1. The smallest absolute Gasteiger partial charge is 0.254 e. The van der Waals surface area contributed by atoms with Crippen molar-refractivity contribution in [3.05, 3.63) is 65.6 Å². The minimum absolute atomic E-state index is 0. The first-order valence-corrected chi connectivity index (χ1v) is 8.62. The molecule has 1 atom stereocenters. The van der Waals surface area contributed by atoms with Gasteiger partial charge in [-0.2, -0.15) is 0 Å². The Hall–Kier alpha value is -2.28. The predicted molar refractivity (Wildman–Crippen MR) is 116 cm³/mol. The van der Waals surface area contributed by atoms with E-state index in [1.54, 1.807) is 24.1 Å². The molecule has 0 spiro atoms. The van der Waals surface area contributed by atoms with Crippen molar-refractivity contribution in [2.24, 2.45) is 5.73 Å². The maximum absolute atomic E-state index is 12.5. The molecular formula is C20H26Cl2N4O2. The number of nitrogens with zero attached hydrogens (tertiary/aromatic N) is 3. The van der Waals surface area contributed by atoms with Crippen LogP contribution in [0.4, 0.5) is 0 Å². The quantitative estimate of drug-likeness (QED) is 0.656. The van der Waals surface area contributed by atoms with E-state index in [4.69, 9.17) is 10.5 Å². The Morgan fingerprint density at radius 3 is 2.71 bits per heavy atom. The van der Waals surface area contributed by atoms with Gasteiger partial charge in [-0.15, -0.1) is 24.8 Å². The van der Waals surface area contributed by atoms with Crippen molar-refractivity contribution < 1.29 is 9.53 Å². The Labute approximate surface area is 177 Å². The Morgan fingerprint density at radius 2 is 2.00 bits per heavy atom. The minimum atomic E-state index is -0.0726. The maximum atomic E-state index is 12.5. The lowest BCUT2D eigenvalue weighted by atomic mass is 10.1. The van der Waals surface area contributed by atoms with Gasteiger partial charge in [0.05, 0.1) is 5.69 Å². The number of benzene rings is 1. The molecule has 1 unspecified atom stereocenters. The first kappa shape index (κ1) is 23.8. The summed E-state index contributed by atoms with van der Waals surface area (Å²) >= 11 is 0. The molecule has 6 nitrogen and oxygen atoms in total. The molecular weight excluding hydrogens is 399 g/mol. The molecule has 2 heterocycles. The average molecular weight is 425 g/mol. The Kier molecular flexibility index (Phi) is 8.75. The number of aryl methyl sites for hydroxylation is 1. The molecule has 0 aliphatic carbocycles. The van der Waals surface area contributed by atoms with E-state index in [2.05, 4.69) is 4.98 Å².